The normalized spacial score (nSPS) is 13.8. The molecule has 0 saturated heterocycles. The fraction of sp³-hybridized carbons (Fsp3) is 0.0625. The summed E-state index contributed by atoms with van der Waals surface area (Å²) in [5.74, 6) is 3.84. The maximum atomic E-state index is 7.14. The molecule has 8 heteroatoms. The number of anilines is 4. The Kier molecular flexibility index (Phi) is 10.3. The third-order valence-electron chi connectivity index (χ3n) is 14.5. The van der Waals surface area contributed by atoms with Crippen LogP contribution in [-0.2, 0) is 26.5 Å². The molecule has 0 atom stereocenters. The second-order valence-corrected chi connectivity index (χ2v) is 23.2. The first kappa shape index (κ1) is 44.0. The zero-order chi connectivity index (χ0) is 47.4. The van der Waals surface area contributed by atoms with Gasteiger partial charge >= 0.3 is 0 Å². The summed E-state index contributed by atoms with van der Waals surface area (Å²) in [4.78, 5) is 9.60. The van der Waals surface area contributed by atoms with Crippen LogP contribution in [0.3, 0.4) is 0 Å². The molecule has 0 amide bonds. The van der Waals surface area contributed by atoms with Gasteiger partial charge in [0.25, 0.3) is 0 Å². The molecule has 0 bridgehead atoms. The largest absolute Gasteiger partial charge is 0.509 e. The third kappa shape index (κ3) is 6.61. The van der Waals surface area contributed by atoms with Gasteiger partial charge in [0.05, 0.1) is 0 Å². The van der Waals surface area contributed by atoms with Gasteiger partial charge in [0.2, 0.25) is 0 Å². The van der Waals surface area contributed by atoms with E-state index in [1.165, 1.54) is 37.1 Å². The maximum absolute atomic E-state index is 7.14. The monoisotopic (exact) mass is 1120 g/mol. The molecule has 1 spiro atoms. The second kappa shape index (κ2) is 16.8. The average Bonchev–Trinajstić information content (AvgIpc) is 4.06. The molecule has 2 aromatic heterocycles. The fourth-order valence-corrected chi connectivity index (χ4v) is 16.8. The average molecular weight is 1130 g/mol. The Morgan fingerprint density at radius 3 is 1.82 bits per heavy atom. The van der Waals surface area contributed by atoms with Gasteiger partial charge in [-0.25, -0.2) is 4.98 Å². The molecule has 0 radical (unpaired) electrons. The van der Waals surface area contributed by atoms with Crippen molar-refractivity contribution in [3.05, 3.63) is 237 Å². The Morgan fingerprint density at radius 1 is 0.542 bits per heavy atom. The summed E-state index contributed by atoms with van der Waals surface area (Å²) in [5.41, 5.74) is 11.8. The van der Waals surface area contributed by atoms with E-state index in [-0.39, 0.29) is 26.5 Å². The van der Waals surface area contributed by atoms with Crippen LogP contribution in [0.5, 0.6) is 23.0 Å². The summed E-state index contributed by atoms with van der Waals surface area (Å²) in [6.07, 6.45) is 1.93. The standard InChI is InChI=1S/C64H45N4O2Si.Pt/c1-64(2,3)44-35-36-65-60(37-44)68-52-29-18-34-58-61(52)62-53(68)39-47(40-59(62)71(58)56-32-14-12-30-54(56)70-55-31-13-15-33-57(55)71)69-46-24-16-23-45(38-46)66-41-67(51-28-11-10-27-50(51)66)63-48(42-19-6-4-7-20-42)25-17-26-49(63)43-21-8-5-9-22-43;/h4-37,40-41H,1-3H3;/q-3;. The number of aromatic nitrogens is 2. The van der Waals surface area contributed by atoms with E-state index >= 15 is 0 Å². The second-order valence-electron chi connectivity index (χ2n) is 19.6. The smallest absolute Gasteiger partial charge is 0.165 e. The summed E-state index contributed by atoms with van der Waals surface area (Å²) in [6, 6.07) is 80.8. The molecule has 350 valence electrons. The van der Waals surface area contributed by atoms with Crippen LogP contribution in [0.2, 0.25) is 0 Å². The van der Waals surface area contributed by atoms with E-state index in [0.29, 0.717) is 11.5 Å². The van der Waals surface area contributed by atoms with E-state index in [0.717, 1.165) is 73.4 Å². The molecule has 6 nitrogen and oxygen atoms in total. The molecule has 0 unspecified atom stereocenters. The zero-order valence-corrected chi connectivity index (χ0v) is 43.0. The molecule has 0 N–H and O–H groups in total. The van der Waals surface area contributed by atoms with Crippen molar-refractivity contribution in [2.75, 3.05) is 9.80 Å². The molecule has 11 aromatic rings. The Balaban J connectivity index is 0.00000504. The molecule has 5 heterocycles. The molecule has 0 aliphatic carbocycles. The zero-order valence-electron chi connectivity index (χ0n) is 39.7. The first-order valence-corrected chi connectivity index (χ1v) is 26.2. The number of pyridine rings is 1. The van der Waals surface area contributed by atoms with Gasteiger partial charge < -0.3 is 23.8 Å². The Labute approximate surface area is 434 Å². The molecular formula is C64H45N4O2PtSi-3. The molecular weight excluding hydrogens is 1080 g/mol. The van der Waals surface area contributed by atoms with Crippen molar-refractivity contribution < 1.29 is 30.5 Å². The molecule has 3 aliphatic rings. The van der Waals surface area contributed by atoms with Crippen molar-refractivity contribution in [3.63, 3.8) is 0 Å². The van der Waals surface area contributed by atoms with E-state index in [1.54, 1.807) is 0 Å². The number of hydrogen-bond acceptors (Lipinski definition) is 5. The predicted molar refractivity (Wildman–Crippen MR) is 291 cm³/mol. The number of ether oxygens (including phenoxy) is 2. The molecule has 0 saturated carbocycles. The molecule has 9 aromatic carbocycles. The van der Waals surface area contributed by atoms with E-state index in [2.05, 4.69) is 254 Å². The number of para-hydroxylation sites is 5. The minimum atomic E-state index is -2.98. The van der Waals surface area contributed by atoms with Gasteiger partial charge in [0, 0.05) is 72.5 Å². The van der Waals surface area contributed by atoms with Crippen LogP contribution in [0.15, 0.2) is 212 Å². The van der Waals surface area contributed by atoms with Crippen molar-refractivity contribution in [1.29, 1.82) is 0 Å². The van der Waals surface area contributed by atoms with Gasteiger partial charge in [-0.15, -0.1) is 53.3 Å². The third-order valence-corrected chi connectivity index (χ3v) is 19.4. The van der Waals surface area contributed by atoms with Crippen molar-refractivity contribution >= 4 is 73.4 Å². The van der Waals surface area contributed by atoms with Crippen LogP contribution >= 0.6 is 0 Å². The number of rotatable bonds is 7. The molecule has 14 rings (SSSR count). The predicted octanol–water partition coefficient (Wildman–Crippen LogP) is 13.4. The summed E-state index contributed by atoms with van der Waals surface area (Å²) in [5, 5.41) is 7.47. The van der Waals surface area contributed by atoms with Gasteiger partial charge in [0.1, 0.15) is 17.3 Å². The van der Waals surface area contributed by atoms with Gasteiger partial charge in [-0.1, -0.05) is 166 Å². The van der Waals surface area contributed by atoms with Crippen molar-refractivity contribution in [1.82, 2.24) is 9.55 Å². The minimum absolute atomic E-state index is 0. The Morgan fingerprint density at radius 2 is 1.14 bits per heavy atom. The van der Waals surface area contributed by atoms with Crippen LogP contribution in [0.1, 0.15) is 26.3 Å². The van der Waals surface area contributed by atoms with Gasteiger partial charge in [-0.3, -0.25) is 0 Å². The summed E-state index contributed by atoms with van der Waals surface area (Å²) in [6.45, 7) is 8.93. The Bertz CT molecular complexity index is 3840. The topological polar surface area (TPSA) is 42.8 Å². The molecule has 72 heavy (non-hydrogen) atoms. The maximum Gasteiger partial charge on any atom is 0.165 e. The number of nitrogens with zero attached hydrogens (tertiary/aromatic N) is 4. The van der Waals surface area contributed by atoms with Crippen LogP contribution in [0.25, 0.3) is 49.9 Å². The first-order chi connectivity index (χ1) is 34.8. The van der Waals surface area contributed by atoms with Crippen molar-refractivity contribution in [2.45, 2.75) is 26.2 Å². The SMILES string of the molecule is CC(C)(C)c1ccnc(-n2c3[c-]c(Oc4[c-]c(N5[CH-]N(c6c(-c7ccccc7)cccc6-c6ccccc6)c6ccccc65)ccc4)cc4c3c3c(cccc32)[Si]42c3ccccc3Oc3ccccc32)c1.[Pt]. The van der Waals surface area contributed by atoms with E-state index in [9.17, 15) is 0 Å². The van der Waals surface area contributed by atoms with Crippen molar-refractivity contribution in [2.24, 2.45) is 0 Å². The summed E-state index contributed by atoms with van der Waals surface area (Å²) in [7, 11) is -2.98. The Hall–Kier alpha value is -7.96. The minimum Gasteiger partial charge on any atom is -0.509 e. The van der Waals surface area contributed by atoms with Crippen LogP contribution in [-0.4, -0.2) is 17.6 Å². The summed E-state index contributed by atoms with van der Waals surface area (Å²) >= 11 is 0. The number of hydrogen-bond donors (Lipinski definition) is 0. The van der Waals surface area contributed by atoms with E-state index < -0.39 is 8.07 Å². The number of benzene rings is 9. The van der Waals surface area contributed by atoms with Crippen LogP contribution < -0.4 is 40.0 Å². The van der Waals surface area contributed by atoms with E-state index in [4.69, 9.17) is 14.5 Å². The van der Waals surface area contributed by atoms with Gasteiger partial charge in [-0.05, 0) is 85.5 Å². The van der Waals surface area contributed by atoms with E-state index in [1.807, 2.05) is 12.3 Å². The van der Waals surface area contributed by atoms with Crippen LogP contribution in [0, 0.1) is 18.8 Å². The molecule has 0 fully saturated rings. The molecule has 3 aliphatic heterocycles. The van der Waals surface area contributed by atoms with Gasteiger partial charge in [0.15, 0.2) is 8.07 Å². The van der Waals surface area contributed by atoms with Gasteiger partial charge in [-0.2, -0.15) is 6.07 Å². The van der Waals surface area contributed by atoms with Crippen molar-refractivity contribution in [3.8, 4) is 51.1 Å². The first-order valence-electron chi connectivity index (χ1n) is 24.2. The summed E-state index contributed by atoms with van der Waals surface area (Å²) < 4.78 is 16.2. The quantitative estimate of drug-likeness (QED) is 0.118. The fourth-order valence-electron chi connectivity index (χ4n) is 11.4. The van der Waals surface area contributed by atoms with Crippen LogP contribution in [0.4, 0.5) is 22.7 Å². The number of fused-ring (bicyclic) bond motifs is 7.